The highest BCUT2D eigenvalue weighted by Gasteiger charge is 2.16. The van der Waals surface area contributed by atoms with Gasteiger partial charge in [0, 0.05) is 26.9 Å². The number of likely N-dealkylation sites (N-methyl/N-ethyl adjacent to an activating group) is 1. The third kappa shape index (κ3) is 5.79. The molecule has 1 amide bonds. The van der Waals surface area contributed by atoms with Gasteiger partial charge in [-0.25, -0.2) is 0 Å². The Morgan fingerprint density at radius 1 is 1.04 bits per heavy atom. The molecule has 0 aliphatic heterocycles. The molecule has 0 saturated heterocycles. The van der Waals surface area contributed by atoms with Crippen molar-refractivity contribution in [2.75, 3.05) is 48.4 Å². The Labute approximate surface area is 174 Å². The average Bonchev–Trinajstić information content (AvgIpc) is 2.78. The zero-order valence-electron chi connectivity index (χ0n) is 22.1. The van der Waals surface area contributed by atoms with Gasteiger partial charge in [-0.05, 0) is 43.8 Å². The quantitative estimate of drug-likeness (QED) is 0.668. The smallest absolute Gasteiger partial charge is 0.251 e. The van der Waals surface area contributed by atoms with E-state index in [4.69, 9.17) is 27.2 Å². The number of carbonyl (C=O) groups is 1. The van der Waals surface area contributed by atoms with Gasteiger partial charge in [-0.2, -0.15) is 0 Å². The Morgan fingerprint density at radius 2 is 1.68 bits per heavy atom. The van der Waals surface area contributed by atoms with E-state index in [0.717, 1.165) is 5.56 Å². The summed E-state index contributed by atoms with van der Waals surface area (Å²) in [7, 11) is 4.41. The van der Waals surface area contributed by atoms with E-state index in [1.54, 1.807) is 36.4 Å². The maximum Gasteiger partial charge on any atom is 0.251 e. The molecule has 7 heteroatoms. The molecule has 2 rings (SSSR count). The van der Waals surface area contributed by atoms with Crippen molar-refractivity contribution in [2.45, 2.75) is 6.54 Å². The highest BCUT2D eigenvalue weighted by atomic mass is 16.5. The highest BCUT2D eigenvalue weighted by Crippen LogP contribution is 2.38. The average molecular weight is 395 g/mol. The number of rotatable bonds is 10. The Bertz CT molecular complexity index is 925. The van der Waals surface area contributed by atoms with Gasteiger partial charge in [-0.1, -0.05) is 12.1 Å². The van der Waals surface area contributed by atoms with E-state index in [-0.39, 0.29) is 25.6 Å². The summed E-state index contributed by atoms with van der Waals surface area (Å²) < 4.78 is 65.4. The van der Waals surface area contributed by atoms with Crippen LogP contribution in [0, 0.1) is 0 Å². The molecule has 0 radical (unpaired) electrons. The summed E-state index contributed by atoms with van der Waals surface area (Å²) in [6.07, 6.45) is 0. The molecule has 28 heavy (non-hydrogen) atoms. The van der Waals surface area contributed by atoms with E-state index < -0.39 is 14.0 Å². The van der Waals surface area contributed by atoms with Gasteiger partial charge in [-0.3, -0.25) is 4.79 Å². The number of amides is 1. The molecule has 0 heterocycles. The first-order valence-electron chi connectivity index (χ1n) is 11.5. The summed E-state index contributed by atoms with van der Waals surface area (Å²) in [5, 5.41) is 2.80. The lowest BCUT2D eigenvalue weighted by molar-refractivity contribution is 0.0950. The topological polar surface area (TPSA) is 69.3 Å². The second kappa shape index (κ2) is 10.4. The highest BCUT2D eigenvalue weighted by molar-refractivity contribution is 5.95. The van der Waals surface area contributed by atoms with Crippen LogP contribution in [0.2, 0.25) is 0 Å². The molecule has 0 spiro atoms. The number of hydrogen-bond acceptors (Lipinski definition) is 6. The van der Waals surface area contributed by atoms with Crippen molar-refractivity contribution in [3.63, 3.8) is 0 Å². The second-order valence-electron chi connectivity index (χ2n) is 5.74. The zero-order valence-corrected chi connectivity index (χ0v) is 16.1. The molecule has 152 valence electrons. The fraction of sp³-hybridized carbons (Fsp3) is 0.381. The van der Waals surface area contributed by atoms with E-state index in [1.165, 1.54) is 21.3 Å². The normalized spacial score (nSPS) is 14.6. The van der Waals surface area contributed by atoms with Crippen LogP contribution >= 0.6 is 0 Å². The van der Waals surface area contributed by atoms with Gasteiger partial charge in [0.2, 0.25) is 5.75 Å². The van der Waals surface area contributed by atoms with Crippen molar-refractivity contribution < 1.29 is 32.0 Å². The zero-order chi connectivity index (χ0) is 25.5. The Balaban J connectivity index is 1.95. The van der Waals surface area contributed by atoms with Crippen LogP contribution in [-0.2, 0) is 6.54 Å². The standard InChI is InChI=1S/C21H28N2O5/c1-23(2)10-11-28-17-8-6-15(7-9-17)14-22-21(24)16-12-18(25-3)20(27-5)19(13-16)26-4/h6-9,12-13H,10-11,14H2,1-5H3,(H,22,24)/i1D3,2D3. The number of nitrogens with zero attached hydrogens (tertiary/aromatic N) is 1. The summed E-state index contributed by atoms with van der Waals surface area (Å²) in [4.78, 5) is 13.0. The lowest BCUT2D eigenvalue weighted by Gasteiger charge is -2.14. The summed E-state index contributed by atoms with van der Waals surface area (Å²) >= 11 is 0. The fourth-order valence-electron chi connectivity index (χ4n) is 2.45. The van der Waals surface area contributed by atoms with Crippen molar-refractivity contribution in [1.82, 2.24) is 10.2 Å². The molecular formula is C21H28N2O5. The number of carbonyl (C=O) groups excluding carboxylic acids is 1. The van der Waals surface area contributed by atoms with Crippen LogP contribution in [0.5, 0.6) is 23.0 Å². The number of hydrogen-bond donors (Lipinski definition) is 1. The number of methoxy groups -OCH3 is 3. The fourth-order valence-corrected chi connectivity index (χ4v) is 2.45. The maximum atomic E-state index is 12.6. The van der Waals surface area contributed by atoms with Crippen molar-refractivity contribution in [2.24, 2.45) is 0 Å². The number of nitrogens with one attached hydrogen (secondary N) is 1. The Kier molecular flexibility index (Phi) is 5.25. The molecule has 1 N–H and O–H groups in total. The minimum atomic E-state index is -2.76. The van der Waals surface area contributed by atoms with Crippen molar-refractivity contribution in [1.29, 1.82) is 0 Å². The van der Waals surface area contributed by atoms with Crippen LogP contribution in [0.25, 0.3) is 0 Å². The molecule has 0 fully saturated rings. The van der Waals surface area contributed by atoms with Gasteiger partial charge in [0.1, 0.15) is 12.4 Å². The lowest BCUT2D eigenvalue weighted by atomic mass is 10.1. The first-order valence-corrected chi connectivity index (χ1v) is 8.48. The van der Waals surface area contributed by atoms with E-state index in [9.17, 15) is 4.79 Å². The predicted molar refractivity (Wildman–Crippen MR) is 108 cm³/mol. The lowest BCUT2D eigenvalue weighted by Crippen LogP contribution is -2.23. The van der Waals surface area contributed by atoms with Crippen molar-refractivity contribution in [3.05, 3.63) is 47.5 Å². The third-order valence-corrected chi connectivity index (χ3v) is 3.89. The van der Waals surface area contributed by atoms with Crippen LogP contribution in [-0.4, -0.2) is 59.2 Å². The van der Waals surface area contributed by atoms with E-state index in [1.807, 2.05) is 0 Å². The maximum absolute atomic E-state index is 12.6. The molecule has 0 aliphatic rings. The third-order valence-electron chi connectivity index (χ3n) is 3.89. The van der Waals surface area contributed by atoms with Crippen LogP contribution < -0.4 is 24.3 Å². The Morgan fingerprint density at radius 3 is 2.21 bits per heavy atom. The van der Waals surface area contributed by atoms with Gasteiger partial charge in [0.15, 0.2) is 11.5 Å². The van der Waals surface area contributed by atoms with Crippen molar-refractivity contribution in [3.8, 4) is 23.0 Å². The van der Waals surface area contributed by atoms with Crippen molar-refractivity contribution >= 4 is 5.91 Å². The first-order chi connectivity index (χ1) is 15.9. The minimum Gasteiger partial charge on any atom is -0.493 e. The number of benzene rings is 2. The van der Waals surface area contributed by atoms with Gasteiger partial charge in [-0.15, -0.1) is 0 Å². The van der Waals surface area contributed by atoms with Crippen LogP contribution in [0.4, 0.5) is 0 Å². The van der Waals surface area contributed by atoms with Crippen LogP contribution in [0.1, 0.15) is 24.1 Å². The first kappa shape index (κ1) is 14.1. The van der Waals surface area contributed by atoms with Gasteiger partial charge < -0.3 is 29.2 Å². The molecule has 0 aliphatic carbocycles. The molecule has 0 atom stereocenters. The molecule has 2 aromatic carbocycles. The van der Waals surface area contributed by atoms with Gasteiger partial charge >= 0.3 is 0 Å². The van der Waals surface area contributed by atoms with Gasteiger partial charge in [0.25, 0.3) is 5.91 Å². The SMILES string of the molecule is [2H]C([2H])([2H])N(CCOc1ccc(CNC(=O)c2cc(OC)c(OC)c(OC)c2)cc1)C([2H])([2H])[2H]. The monoisotopic (exact) mass is 394 g/mol. The molecule has 0 aromatic heterocycles. The minimum absolute atomic E-state index is 0.117. The van der Waals surface area contributed by atoms with E-state index in [0.29, 0.717) is 33.5 Å². The molecule has 2 aromatic rings. The molecule has 0 unspecified atom stereocenters. The molecule has 0 saturated carbocycles. The van der Waals surface area contributed by atoms with Crippen LogP contribution in [0.3, 0.4) is 0 Å². The molecule has 7 nitrogen and oxygen atoms in total. The summed E-state index contributed by atoms with van der Waals surface area (Å²) in [5.41, 5.74) is 1.13. The summed E-state index contributed by atoms with van der Waals surface area (Å²) in [5.74, 6) is 1.22. The van der Waals surface area contributed by atoms with Gasteiger partial charge in [0.05, 0.1) is 21.3 Å². The van der Waals surface area contributed by atoms with E-state index in [2.05, 4.69) is 5.32 Å². The molecular weight excluding hydrogens is 360 g/mol. The number of ether oxygens (including phenoxy) is 4. The largest absolute Gasteiger partial charge is 0.493 e. The Hall–Kier alpha value is -2.93. The summed E-state index contributed by atoms with van der Waals surface area (Å²) in [6.45, 7) is -5.68. The molecule has 0 bridgehead atoms. The predicted octanol–water partition coefficient (Wildman–Crippen LogP) is 2.58. The van der Waals surface area contributed by atoms with E-state index >= 15 is 0 Å². The van der Waals surface area contributed by atoms with Crippen LogP contribution in [0.15, 0.2) is 36.4 Å². The second-order valence-corrected chi connectivity index (χ2v) is 5.74. The summed E-state index contributed by atoms with van der Waals surface area (Å²) in [6, 6.07) is 9.86.